The highest BCUT2D eigenvalue weighted by molar-refractivity contribution is 7.98. The zero-order valence-corrected chi connectivity index (χ0v) is 10.8. The molecule has 1 aromatic carbocycles. The molecule has 0 aliphatic rings. The van der Waals surface area contributed by atoms with Crippen molar-refractivity contribution in [3.63, 3.8) is 0 Å². The lowest BCUT2D eigenvalue weighted by Gasteiger charge is -2.16. The fraction of sp³-hybridized carbons (Fsp3) is 0.462. The van der Waals surface area contributed by atoms with Crippen LogP contribution in [0, 0.1) is 0 Å². The zero-order valence-electron chi connectivity index (χ0n) is 9.97. The summed E-state index contributed by atoms with van der Waals surface area (Å²) in [4.78, 5) is 11.5. The third kappa shape index (κ3) is 3.89. The molecule has 0 aliphatic carbocycles. The largest absolute Gasteiger partial charge is 0.465 e. The maximum absolute atomic E-state index is 10.2. The summed E-state index contributed by atoms with van der Waals surface area (Å²) in [5, 5.41) is 0. The highest BCUT2D eigenvalue weighted by Gasteiger charge is 2.11. The number of carbonyl (C=O) groups is 1. The maximum atomic E-state index is 10.2. The van der Waals surface area contributed by atoms with Crippen molar-refractivity contribution < 1.29 is 9.53 Å². The average molecular weight is 238 g/mol. The SMILES string of the molecule is CSc1ccc(C(C)CC(C)OC=O)cc1. The van der Waals surface area contributed by atoms with E-state index in [2.05, 4.69) is 37.4 Å². The summed E-state index contributed by atoms with van der Waals surface area (Å²) in [6.45, 7) is 4.59. The summed E-state index contributed by atoms with van der Waals surface area (Å²) in [7, 11) is 0. The summed E-state index contributed by atoms with van der Waals surface area (Å²) < 4.78 is 4.89. The van der Waals surface area contributed by atoms with Crippen LogP contribution in [0.15, 0.2) is 29.2 Å². The molecule has 1 rings (SSSR count). The molecular formula is C13H18O2S. The molecule has 0 aliphatic heterocycles. The van der Waals surface area contributed by atoms with Crippen LogP contribution < -0.4 is 0 Å². The predicted octanol–water partition coefficient (Wildman–Crippen LogP) is 3.46. The van der Waals surface area contributed by atoms with Gasteiger partial charge in [-0.2, -0.15) is 0 Å². The first-order valence-electron chi connectivity index (χ1n) is 5.40. The van der Waals surface area contributed by atoms with Crippen molar-refractivity contribution in [1.29, 1.82) is 0 Å². The van der Waals surface area contributed by atoms with Crippen LogP contribution in [0.3, 0.4) is 0 Å². The van der Waals surface area contributed by atoms with Crippen molar-refractivity contribution >= 4 is 18.2 Å². The number of rotatable bonds is 6. The number of benzene rings is 1. The van der Waals surface area contributed by atoms with Gasteiger partial charge in [-0.1, -0.05) is 19.1 Å². The van der Waals surface area contributed by atoms with Gasteiger partial charge in [0.05, 0.1) is 6.10 Å². The Morgan fingerprint density at radius 3 is 2.44 bits per heavy atom. The van der Waals surface area contributed by atoms with Crippen LogP contribution in [0.25, 0.3) is 0 Å². The number of ether oxygens (including phenoxy) is 1. The quantitative estimate of drug-likeness (QED) is 0.561. The van der Waals surface area contributed by atoms with Crippen molar-refractivity contribution in [2.75, 3.05) is 6.26 Å². The molecule has 2 unspecified atom stereocenters. The number of thioether (sulfide) groups is 1. The summed E-state index contributed by atoms with van der Waals surface area (Å²) in [6.07, 6.45) is 2.91. The van der Waals surface area contributed by atoms with E-state index in [0.717, 1.165) is 6.42 Å². The summed E-state index contributed by atoms with van der Waals surface area (Å²) in [5.74, 6) is 0.408. The van der Waals surface area contributed by atoms with Crippen molar-refractivity contribution in [3.05, 3.63) is 29.8 Å². The van der Waals surface area contributed by atoms with E-state index in [9.17, 15) is 4.79 Å². The fourth-order valence-corrected chi connectivity index (χ4v) is 2.13. The van der Waals surface area contributed by atoms with Gasteiger partial charge in [0.15, 0.2) is 0 Å². The van der Waals surface area contributed by atoms with Gasteiger partial charge in [0.25, 0.3) is 6.47 Å². The summed E-state index contributed by atoms with van der Waals surface area (Å²) in [6, 6.07) is 8.54. The summed E-state index contributed by atoms with van der Waals surface area (Å²) in [5.41, 5.74) is 1.29. The Hall–Kier alpha value is -0.960. The lowest BCUT2D eigenvalue weighted by molar-refractivity contribution is -0.133. The first-order valence-corrected chi connectivity index (χ1v) is 6.63. The third-order valence-electron chi connectivity index (χ3n) is 2.66. The molecule has 0 heterocycles. The molecule has 2 nitrogen and oxygen atoms in total. The Kier molecular flexibility index (Phi) is 5.39. The normalized spacial score (nSPS) is 14.2. The minimum Gasteiger partial charge on any atom is -0.465 e. The van der Waals surface area contributed by atoms with Crippen LogP contribution in [0.2, 0.25) is 0 Å². The second-order valence-electron chi connectivity index (χ2n) is 3.95. The van der Waals surface area contributed by atoms with Gasteiger partial charge in [0, 0.05) is 4.90 Å². The first-order chi connectivity index (χ1) is 7.67. The van der Waals surface area contributed by atoms with E-state index in [1.54, 1.807) is 11.8 Å². The number of hydrogen-bond donors (Lipinski definition) is 0. The molecule has 0 N–H and O–H groups in total. The van der Waals surface area contributed by atoms with Crippen LogP contribution in [0.5, 0.6) is 0 Å². The Morgan fingerprint density at radius 2 is 1.94 bits per heavy atom. The molecule has 88 valence electrons. The van der Waals surface area contributed by atoms with Crippen LogP contribution in [0.1, 0.15) is 31.7 Å². The summed E-state index contributed by atoms with van der Waals surface area (Å²) >= 11 is 1.74. The Bertz CT molecular complexity index is 321. The van der Waals surface area contributed by atoms with E-state index >= 15 is 0 Å². The molecule has 0 amide bonds. The van der Waals surface area contributed by atoms with Gasteiger partial charge in [-0.15, -0.1) is 11.8 Å². The third-order valence-corrected chi connectivity index (χ3v) is 3.40. The monoisotopic (exact) mass is 238 g/mol. The predicted molar refractivity (Wildman–Crippen MR) is 67.9 cm³/mol. The zero-order chi connectivity index (χ0) is 12.0. The topological polar surface area (TPSA) is 26.3 Å². The maximum Gasteiger partial charge on any atom is 0.293 e. The minimum atomic E-state index is -0.0206. The van der Waals surface area contributed by atoms with E-state index in [4.69, 9.17) is 4.74 Å². The lowest BCUT2D eigenvalue weighted by Crippen LogP contribution is -2.10. The fourth-order valence-electron chi connectivity index (χ4n) is 1.72. The van der Waals surface area contributed by atoms with Crippen molar-refractivity contribution in [3.8, 4) is 0 Å². The highest BCUT2D eigenvalue weighted by atomic mass is 32.2. The Labute approximate surface area is 101 Å². The molecule has 0 spiro atoms. The van der Waals surface area contributed by atoms with E-state index in [-0.39, 0.29) is 6.10 Å². The van der Waals surface area contributed by atoms with E-state index < -0.39 is 0 Å². The first kappa shape index (κ1) is 13.1. The van der Waals surface area contributed by atoms with Gasteiger partial charge in [-0.3, -0.25) is 4.79 Å². The van der Waals surface area contributed by atoms with Crippen LogP contribution in [-0.2, 0) is 9.53 Å². The van der Waals surface area contributed by atoms with Gasteiger partial charge in [-0.25, -0.2) is 0 Å². The molecular weight excluding hydrogens is 220 g/mol. The van der Waals surface area contributed by atoms with Gasteiger partial charge >= 0.3 is 0 Å². The average Bonchev–Trinajstić information content (AvgIpc) is 2.29. The molecule has 0 saturated heterocycles. The minimum absolute atomic E-state index is 0.0206. The van der Waals surface area contributed by atoms with Crippen molar-refractivity contribution in [2.24, 2.45) is 0 Å². The van der Waals surface area contributed by atoms with Crippen LogP contribution in [0.4, 0.5) is 0 Å². The second-order valence-corrected chi connectivity index (χ2v) is 4.83. The molecule has 0 radical (unpaired) electrons. The Morgan fingerprint density at radius 1 is 1.31 bits per heavy atom. The van der Waals surface area contributed by atoms with E-state index in [1.807, 2.05) is 6.92 Å². The van der Waals surface area contributed by atoms with Crippen LogP contribution >= 0.6 is 11.8 Å². The highest BCUT2D eigenvalue weighted by Crippen LogP contribution is 2.24. The van der Waals surface area contributed by atoms with Crippen molar-refractivity contribution in [1.82, 2.24) is 0 Å². The molecule has 0 saturated carbocycles. The van der Waals surface area contributed by atoms with Gasteiger partial charge in [-0.05, 0) is 43.2 Å². The molecule has 1 aromatic rings. The molecule has 0 bridgehead atoms. The molecule has 0 fully saturated rings. The smallest absolute Gasteiger partial charge is 0.293 e. The Balaban J connectivity index is 2.58. The molecule has 3 heteroatoms. The van der Waals surface area contributed by atoms with Gasteiger partial charge in [0.1, 0.15) is 0 Å². The van der Waals surface area contributed by atoms with Crippen molar-refractivity contribution in [2.45, 2.75) is 37.2 Å². The standard InChI is InChI=1S/C13H18O2S/c1-10(8-11(2)15-9-14)12-4-6-13(16-3)7-5-12/h4-7,9-11H,8H2,1-3H3. The van der Waals surface area contributed by atoms with E-state index in [0.29, 0.717) is 12.4 Å². The van der Waals surface area contributed by atoms with Gasteiger partial charge < -0.3 is 4.74 Å². The van der Waals surface area contributed by atoms with E-state index in [1.165, 1.54) is 10.5 Å². The number of carbonyl (C=O) groups excluding carboxylic acids is 1. The van der Waals surface area contributed by atoms with Gasteiger partial charge in [0.2, 0.25) is 0 Å². The molecule has 0 aromatic heterocycles. The lowest BCUT2D eigenvalue weighted by atomic mass is 9.95. The molecule has 16 heavy (non-hydrogen) atoms. The molecule has 2 atom stereocenters. The van der Waals surface area contributed by atoms with Crippen LogP contribution in [-0.4, -0.2) is 18.8 Å². The number of hydrogen-bond acceptors (Lipinski definition) is 3. The second kappa shape index (κ2) is 6.59.